The average Bonchev–Trinajstić information content (AvgIpc) is 3.09. The zero-order chi connectivity index (χ0) is 18.5. The average molecular weight is 359 g/mol. The standard InChI is InChI=1S/C18H12F3N3O2/c1-22-16-14-13(24(17(25)23-16)10-5-3-2-4-6-10)9-12(18(19,20)21)11-7-8-26-15(11)14/h2-9H,1H3,(H,22,23,25). The van der Waals surface area contributed by atoms with E-state index in [1.165, 1.54) is 12.3 Å². The van der Waals surface area contributed by atoms with Gasteiger partial charge in [-0.05, 0) is 24.3 Å². The van der Waals surface area contributed by atoms with E-state index in [1.54, 1.807) is 37.4 Å². The van der Waals surface area contributed by atoms with Gasteiger partial charge in [-0.1, -0.05) is 18.2 Å². The van der Waals surface area contributed by atoms with Gasteiger partial charge in [0, 0.05) is 12.4 Å². The third kappa shape index (κ3) is 2.33. The minimum absolute atomic E-state index is 0.0244. The molecule has 4 rings (SSSR count). The number of benzene rings is 2. The van der Waals surface area contributed by atoms with Crippen LogP contribution in [0.4, 0.5) is 19.0 Å². The van der Waals surface area contributed by atoms with E-state index in [-0.39, 0.29) is 22.3 Å². The Labute approximate surface area is 144 Å². The number of aromatic nitrogens is 2. The van der Waals surface area contributed by atoms with Crippen molar-refractivity contribution in [3.05, 3.63) is 64.8 Å². The molecule has 0 aliphatic rings. The van der Waals surface area contributed by atoms with Gasteiger partial charge in [0.1, 0.15) is 11.4 Å². The molecule has 0 saturated heterocycles. The second kappa shape index (κ2) is 5.62. The topological polar surface area (TPSA) is 60.1 Å². The number of hydrogen-bond acceptors (Lipinski definition) is 4. The van der Waals surface area contributed by atoms with Crippen LogP contribution in [-0.4, -0.2) is 16.6 Å². The largest absolute Gasteiger partial charge is 0.463 e. The quantitative estimate of drug-likeness (QED) is 0.583. The number of halogens is 3. The van der Waals surface area contributed by atoms with Gasteiger partial charge in [-0.25, -0.2) is 4.79 Å². The lowest BCUT2D eigenvalue weighted by Crippen LogP contribution is -2.23. The number of hydrogen-bond donors (Lipinski definition) is 1. The number of para-hydroxylation sites is 1. The molecule has 0 aliphatic carbocycles. The Hall–Kier alpha value is -3.29. The Morgan fingerprint density at radius 2 is 1.88 bits per heavy atom. The SMILES string of the molecule is CNc1nc(=O)n(-c2ccccc2)c2cc(C(F)(F)F)c3ccoc3c12. The Morgan fingerprint density at radius 3 is 2.54 bits per heavy atom. The number of fused-ring (bicyclic) bond motifs is 3. The highest BCUT2D eigenvalue weighted by atomic mass is 19.4. The van der Waals surface area contributed by atoms with Crippen LogP contribution in [0.25, 0.3) is 27.6 Å². The maximum atomic E-state index is 13.6. The Kier molecular flexibility index (Phi) is 3.50. The van der Waals surface area contributed by atoms with Crippen LogP contribution in [0, 0.1) is 0 Å². The zero-order valence-electron chi connectivity index (χ0n) is 13.5. The van der Waals surface area contributed by atoms with E-state index in [4.69, 9.17) is 4.42 Å². The van der Waals surface area contributed by atoms with Crippen LogP contribution in [0.1, 0.15) is 5.56 Å². The van der Waals surface area contributed by atoms with Gasteiger partial charge >= 0.3 is 11.9 Å². The van der Waals surface area contributed by atoms with Crippen molar-refractivity contribution in [2.24, 2.45) is 0 Å². The van der Waals surface area contributed by atoms with Gasteiger partial charge in [0.25, 0.3) is 0 Å². The van der Waals surface area contributed by atoms with Gasteiger partial charge < -0.3 is 9.73 Å². The first kappa shape index (κ1) is 16.2. The summed E-state index contributed by atoms with van der Waals surface area (Å²) in [5.74, 6) is 0.158. The molecule has 0 atom stereocenters. The fourth-order valence-electron chi connectivity index (χ4n) is 3.07. The minimum Gasteiger partial charge on any atom is -0.463 e. The molecule has 132 valence electrons. The summed E-state index contributed by atoms with van der Waals surface area (Å²) < 4.78 is 47.2. The molecule has 0 amide bonds. The summed E-state index contributed by atoms with van der Waals surface area (Å²) in [5.41, 5.74) is -1.05. The number of nitrogens with one attached hydrogen (secondary N) is 1. The van der Waals surface area contributed by atoms with E-state index >= 15 is 0 Å². The molecule has 2 aromatic carbocycles. The minimum atomic E-state index is -4.60. The first-order chi connectivity index (χ1) is 12.4. The summed E-state index contributed by atoms with van der Waals surface area (Å²) >= 11 is 0. The van der Waals surface area contributed by atoms with Crippen molar-refractivity contribution in [2.45, 2.75) is 6.18 Å². The van der Waals surface area contributed by atoms with E-state index in [1.807, 2.05) is 0 Å². The van der Waals surface area contributed by atoms with E-state index in [9.17, 15) is 18.0 Å². The van der Waals surface area contributed by atoms with Gasteiger partial charge in [0.2, 0.25) is 0 Å². The van der Waals surface area contributed by atoms with Crippen LogP contribution in [0.2, 0.25) is 0 Å². The molecule has 0 spiro atoms. The number of alkyl halides is 3. The highest BCUT2D eigenvalue weighted by Gasteiger charge is 2.35. The van der Waals surface area contributed by atoms with E-state index < -0.39 is 17.4 Å². The van der Waals surface area contributed by atoms with Crippen LogP contribution in [0.15, 0.2) is 57.9 Å². The predicted octanol–water partition coefficient (Wildman–Crippen LogP) is 4.19. The third-order valence-corrected chi connectivity index (χ3v) is 4.15. The first-order valence-corrected chi connectivity index (χ1v) is 7.69. The molecular formula is C18H12F3N3O2. The molecule has 0 bridgehead atoms. The Morgan fingerprint density at radius 1 is 1.15 bits per heavy atom. The van der Waals surface area contributed by atoms with E-state index in [0.29, 0.717) is 11.1 Å². The second-order valence-corrected chi connectivity index (χ2v) is 5.64. The molecule has 0 saturated carbocycles. The maximum Gasteiger partial charge on any atom is 0.417 e. The van der Waals surface area contributed by atoms with Crippen LogP contribution in [0.3, 0.4) is 0 Å². The van der Waals surface area contributed by atoms with Crippen LogP contribution in [0.5, 0.6) is 0 Å². The van der Waals surface area contributed by atoms with E-state index in [2.05, 4.69) is 10.3 Å². The fraction of sp³-hybridized carbons (Fsp3) is 0.111. The van der Waals surface area contributed by atoms with Gasteiger partial charge in [-0.15, -0.1) is 0 Å². The lowest BCUT2D eigenvalue weighted by Gasteiger charge is -2.16. The zero-order valence-corrected chi connectivity index (χ0v) is 13.5. The number of furan rings is 1. The Balaban J connectivity index is 2.27. The molecule has 26 heavy (non-hydrogen) atoms. The van der Waals surface area contributed by atoms with Gasteiger partial charge in [-0.2, -0.15) is 18.2 Å². The molecule has 8 heteroatoms. The lowest BCUT2D eigenvalue weighted by atomic mass is 10.1. The van der Waals surface area contributed by atoms with E-state index in [0.717, 1.165) is 10.6 Å². The number of rotatable bonds is 2. The van der Waals surface area contributed by atoms with Crippen molar-refractivity contribution < 1.29 is 17.6 Å². The predicted molar refractivity (Wildman–Crippen MR) is 91.7 cm³/mol. The van der Waals surface area contributed by atoms with Crippen molar-refractivity contribution in [2.75, 3.05) is 12.4 Å². The summed E-state index contributed by atoms with van der Waals surface area (Å²) in [7, 11) is 1.54. The van der Waals surface area contributed by atoms with Gasteiger partial charge in [0.15, 0.2) is 0 Å². The highest BCUT2D eigenvalue weighted by Crippen LogP contribution is 2.40. The van der Waals surface area contributed by atoms with Crippen molar-refractivity contribution in [3.8, 4) is 5.69 Å². The first-order valence-electron chi connectivity index (χ1n) is 7.69. The summed E-state index contributed by atoms with van der Waals surface area (Å²) in [6, 6.07) is 10.6. The molecular weight excluding hydrogens is 347 g/mol. The van der Waals surface area contributed by atoms with Crippen molar-refractivity contribution >= 4 is 27.7 Å². The monoisotopic (exact) mass is 359 g/mol. The molecule has 2 heterocycles. The van der Waals surface area contributed by atoms with Crippen LogP contribution in [-0.2, 0) is 6.18 Å². The summed E-state index contributed by atoms with van der Waals surface area (Å²) in [6.45, 7) is 0. The van der Waals surface area contributed by atoms with Crippen LogP contribution >= 0.6 is 0 Å². The van der Waals surface area contributed by atoms with Crippen molar-refractivity contribution in [1.82, 2.24) is 9.55 Å². The van der Waals surface area contributed by atoms with Crippen molar-refractivity contribution in [3.63, 3.8) is 0 Å². The molecule has 0 unspecified atom stereocenters. The Bertz CT molecular complexity index is 1180. The second-order valence-electron chi connectivity index (χ2n) is 5.64. The maximum absolute atomic E-state index is 13.6. The molecule has 5 nitrogen and oxygen atoms in total. The molecule has 0 radical (unpaired) electrons. The summed E-state index contributed by atoms with van der Waals surface area (Å²) in [6.07, 6.45) is -3.41. The molecule has 4 aromatic rings. The lowest BCUT2D eigenvalue weighted by molar-refractivity contribution is -0.136. The highest BCUT2D eigenvalue weighted by molar-refractivity contribution is 6.10. The normalized spacial score (nSPS) is 12.0. The molecule has 0 fully saturated rings. The number of anilines is 1. The van der Waals surface area contributed by atoms with Gasteiger partial charge in [-0.3, -0.25) is 4.57 Å². The fourth-order valence-corrected chi connectivity index (χ4v) is 3.07. The number of nitrogens with zero attached hydrogens (tertiary/aromatic N) is 2. The smallest absolute Gasteiger partial charge is 0.417 e. The van der Waals surface area contributed by atoms with Gasteiger partial charge in [0.05, 0.1) is 28.4 Å². The molecule has 0 aliphatic heterocycles. The molecule has 1 N–H and O–H groups in total. The molecule has 2 aromatic heterocycles. The van der Waals surface area contributed by atoms with Crippen LogP contribution < -0.4 is 11.0 Å². The summed E-state index contributed by atoms with van der Waals surface area (Å²) in [4.78, 5) is 16.5. The third-order valence-electron chi connectivity index (χ3n) is 4.15. The summed E-state index contributed by atoms with van der Waals surface area (Å²) in [5, 5.41) is 2.99. The van der Waals surface area contributed by atoms with Crippen molar-refractivity contribution in [1.29, 1.82) is 0 Å².